The number of nitrogens with zero attached hydrogens (tertiary/aromatic N) is 3. The topological polar surface area (TPSA) is 67.6 Å². The number of aliphatic hydroxyl groups is 1. The number of aryl methyl sites for hydroxylation is 1. The first-order valence-corrected chi connectivity index (χ1v) is 11.2. The van der Waals surface area contributed by atoms with E-state index in [1.807, 2.05) is 26.0 Å². The first kappa shape index (κ1) is 25.6. The summed E-state index contributed by atoms with van der Waals surface area (Å²) in [5.74, 6) is 0.702. The van der Waals surface area contributed by atoms with E-state index in [9.17, 15) is 18.3 Å². The van der Waals surface area contributed by atoms with Crippen molar-refractivity contribution in [3.63, 3.8) is 0 Å². The molecular formula is C26H30F3N3O2. The minimum atomic E-state index is -4.92. The van der Waals surface area contributed by atoms with Gasteiger partial charge in [-0.3, -0.25) is 4.99 Å². The molecule has 2 aromatic carbocycles. The second kappa shape index (κ2) is 10.1. The Kier molecular flexibility index (Phi) is 7.60. The Morgan fingerprint density at radius 2 is 1.91 bits per heavy atom. The van der Waals surface area contributed by atoms with Crippen LogP contribution in [0, 0.1) is 6.92 Å². The normalized spacial score (nSPS) is 15.1. The lowest BCUT2D eigenvalue weighted by molar-refractivity contribution is -0.232. The van der Waals surface area contributed by atoms with E-state index in [0.717, 1.165) is 5.56 Å². The van der Waals surface area contributed by atoms with Gasteiger partial charge >= 0.3 is 6.18 Å². The van der Waals surface area contributed by atoms with Gasteiger partial charge < -0.3 is 9.84 Å². The molecule has 2 unspecified atom stereocenters. The number of hydrogen-bond donors (Lipinski definition) is 1. The highest BCUT2D eigenvalue weighted by Gasteiger charge is 2.53. The van der Waals surface area contributed by atoms with Crippen molar-refractivity contribution >= 4 is 22.8 Å². The van der Waals surface area contributed by atoms with E-state index < -0.39 is 24.1 Å². The van der Waals surface area contributed by atoms with E-state index in [1.165, 1.54) is 13.3 Å². The number of benzene rings is 2. The third kappa shape index (κ3) is 5.38. The number of halogens is 3. The molecule has 0 fully saturated rings. The summed E-state index contributed by atoms with van der Waals surface area (Å²) in [4.78, 5) is 12.5. The number of hydrogen-bond acceptors (Lipinski definition) is 5. The van der Waals surface area contributed by atoms with Crippen LogP contribution in [0.2, 0.25) is 0 Å². The van der Waals surface area contributed by atoms with Crippen molar-refractivity contribution in [2.24, 2.45) is 4.99 Å². The van der Waals surface area contributed by atoms with Crippen LogP contribution < -0.4 is 4.74 Å². The summed E-state index contributed by atoms with van der Waals surface area (Å²) in [6.07, 6.45) is -3.02. The number of aromatic nitrogens is 2. The van der Waals surface area contributed by atoms with E-state index in [0.29, 0.717) is 40.7 Å². The Labute approximate surface area is 197 Å². The quantitative estimate of drug-likeness (QED) is 0.372. The third-order valence-corrected chi connectivity index (χ3v) is 6.05. The van der Waals surface area contributed by atoms with Gasteiger partial charge in [-0.15, -0.1) is 0 Å². The van der Waals surface area contributed by atoms with Gasteiger partial charge in [-0.05, 0) is 60.9 Å². The zero-order valence-electron chi connectivity index (χ0n) is 20.0. The van der Waals surface area contributed by atoms with E-state index >= 15 is 0 Å². The maximum absolute atomic E-state index is 14.1. The first-order chi connectivity index (χ1) is 16.0. The van der Waals surface area contributed by atoms with Gasteiger partial charge in [0, 0.05) is 17.8 Å². The van der Waals surface area contributed by atoms with Crippen LogP contribution in [0.1, 0.15) is 62.4 Å². The standard InChI is InChI=1S/C26H30F3N3O2/c1-6-18(20-11-10-19(16(2)3)12-24(20)34-5)13-25(33,26(27,28)29)15-31-22-8-7-9-23-21(22)14-30-17(4)32-23/h7-12,14-16,18,33H,6,13H2,1-5H3. The molecular weight excluding hydrogens is 443 g/mol. The van der Waals surface area contributed by atoms with Crippen LogP contribution in [-0.2, 0) is 0 Å². The highest BCUT2D eigenvalue weighted by atomic mass is 19.4. The molecule has 0 aliphatic rings. The molecule has 0 bridgehead atoms. The van der Waals surface area contributed by atoms with E-state index in [2.05, 4.69) is 15.0 Å². The van der Waals surface area contributed by atoms with Gasteiger partial charge in [0.15, 0.2) is 5.60 Å². The Morgan fingerprint density at radius 3 is 2.53 bits per heavy atom. The molecule has 34 heavy (non-hydrogen) atoms. The predicted molar refractivity (Wildman–Crippen MR) is 128 cm³/mol. The Balaban J connectivity index is 2.00. The van der Waals surface area contributed by atoms with Gasteiger partial charge in [0.25, 0.3) is 0 Å². The zero-order valence-corrected chi connectivity index (χ0v) is 20.0. The number of ether oxygens (including phenoxy) is 1. The average molecular weight is 474 g/mol. The number of rotatable bonds is 8. The SMILES string of the molecule is CCC(CC(O)(C=Nc1cccc2nc(C)ncc12)C(F)(F)F)c1ccc(C(C)C)cc1OC. The zero-order chi connectivity index (χ0) is 25.1. The summed E-state index contributed by atoms with van der Waals surface area (Å²) in [6, 6.07) is 10.5. The van der Waals surface area contributed by atoms with Crippen molar-refractivity contribution in [3.05, 3.63) is 59.5 Å². The van der Waals surface area contributed by atoms with Crippen LogP contribution in [0.15, 0.2) is 47.6 Å². The van der Waals surface area contributed by atoms with E-state index in [-0.39, 0.29) is 11.6 Å². The summed E-state index contributed by atoms with van der Waals surface area (Å²) in [6.45, 7) is 7.58. The van der Waals surface area contributed by atoms with Crippen LogP contribution in [0.25, 0.3) is 10.9 Å². The van der Waals surface area contributed by atoms with Crippen molar-refractivity contribution in [1.29, 1.82) is 0 Å². The monoisotopic (exact) mass is 473 g/mol. The minimum Gasteiger partial charge on any atom is -0.496 e. The summed E-state index contributed by atoms with van der Waals surface area (Å²) < 4.78 is 47.9. The van der Waals surface area contributed by atoms with Crippen LogP contribution in [0.4, 0.5) is 18.9 Å². The molecule has 1 heterocycles. The molecule has 1 aromatic heterocycles. The van der Waals surface area contributed by atoms with Crippen molar-refractivity contribution in [1.82, 2.24) is 9.97 Å². The van der Waals surface area contributed by atoms with Crippen LogP contribution in [-0.4, -0.2) is 40.2 Å². The molecule has 1 N–H and O–H groups in total. The fourth-order valence-electron chi connectivity index (χ4n) is 3.94. The maximum Gasteiger partial charge on any atom is 0.422 e. The highest BCUT2D eigenvalue weighted by Crippen LogP contribution is 2.42. The summed E-state index contributed by atoms with van der Waals surface area (Å²) in [5, 5.41) is 11.4. The molecule has 0 saturated carbocycles. The van der Waals surface area contributed by atoms with Crippen molar-refractivity contribution in [2.45, 2.75) is 64.1 Å². The first-order valence-electron chi connectivity index (χ1n) is 11.2. The maximum atomic E-state index is 14.1. The largest absolute Gasteiger partial charge is 0.496 e. The Bertz CT molecular complexity index is 1180. The molecule has 5 nitrogen and oxygen atoms in total. The Morgan fingerprint density at radius 1 is 1.18 bits per heavy atom. The van der Waals surface area contributed by atoms with Crippen molar-refractivity contribution < 1.29 is 23.0 Å². The predicted octanol–water partition coefficient (Wildman–Crippen LogP) is 6.65. The minimum absolute atomic E-state index is 0.246. The molecule has 3 aromatic rings. The smallest absolute Gasteiger partial charge is 0.422 e. The second-order valence-corrected chi connectivity index (χ2v) is 8.77. The molecule has 0 radical (unpaired) electrons. The molecule has 8 heteroatoms. The molecule has 2 atom stereocenters. The number of methoxy groups -OCH3 is 1. The fraction of sp³-hybridized carbons (Fsp3) is 0.423. The van der Waals surface area contributed by atoms with E-state index in [4.69, 9.17) is 4.74 Å². The number of aliphatic imine (C=N–C) groups is 1. The molecule has 0 spiro atoms. The molecule has 0 aliphatic heterocycles. The molecule has 0 amide bonds. The van der Waals surface area contributed by atoms with Gasteiger partial charge in [-0.2, -0.15) is 13.2 Å². The number of fused-ring (bicyclic) bond motifs is 1. The molecule has 3 rings (SSSR count). The fourth-order valence-corrected chi connectivity index (χ4v) is 3.94. The third-order valence-electron chi connectivity index (χ3n) is 6.05. The molecule has 0 saturated heterocycles. The molecule has 0 aliphatic carbocycles. The van der Waals surface area contributed by atoms with Crippen LogP contribution in [0.5, 0.6) is 5.75 Å². The summed E-state index contributed by atoms with van der Waals surface area (Å²) in [7, 11) is 1.50. The van der Waals surface area contributed by atoms with E-state index in [1.54, 1.807) is 38.1 Å². The van der Waals surface area contributed by atoms with Gasteiger partial charge in [-0.25, -0.2) is 9.97 Å². The van der Waals surface area contributed by atoms with Crippen molar-refractivity contribution in [2.75, 3.05) is 7.11 Å². The lowest BCUT2D eigenvalue weighted by Crippen LogP contribution is -2.47. The average Bonchev–Trinajstić information content (AvgIpc) is 2.79. The summed E-state index contributed by atoms with van der Waals surface area (Å²) in [5.41, 5.74) is -0.662. The van der Waals surface area contributed by atoms with Crippen LogP contribution in [0.3, 0.4) is 0 Å². The van der Waals surface area contributed by atoms with Crippen molar-refractivity contribution in [3.8, 4) is 5.75 Å². The van der Waals surface area contributed by atoms with Crippen LogP contribution >= 0.6 is 0 Å². The number of alkyl halides is 3. The lowest BCUT2D eigenvalue weighted by atomic mass is 9.83. The van der Waals surface area contributed by atoms with Gasteiger partial charge in [0.2, 0.25) is 0 Å². The summed E-state index contributed by atoms with van der Waals surface area (Å²) >= 11 is 0. The van der Waals surface area contributed by atoms with Gasteiger partial charge in [-0.1, -0.05) is 39.0 Å². The van der Waals surface area contributed by atoms with Gasteiger partial charge in [0.1, 0.15) is 11.6 Å². The lowest BCUT2D eigenvalue weighted by Gasteiger charge is -2.31. The van der Waals surface area contributed by atoms with Gasteiger partial charge in [0.05, 0.1) is 18.3 Å². The Hall–Kier alpha value is -3.00. The second-order valence-electron chi connectivity index (χ2n) is 8.77. The molecule has 182 valence electrons. The highest BCUT2D eigenvalue weighted by molar-refractivity contribution is 5.91.